The minimum Gasteiger partial charge on any atom is -0.374 e. The summed E-state index contributed by atoms with van der Waals surface area (Å²) in [6, 6.07) is 0.574. The number of fused-ring (bicyclic) bond motifs is 1. The summed E-state index contributed by atoms with van der Waals surface area (Å²) in [5.74, 6) is 0. The van der Waals surface area contributed by atoms with E-state index < -0.39 is 0 Å². The normalized spacial score (nSPS) is 27.8. The third-order valence-corrected chi connectivity index (χ3v) is 5.26. The molecule has 0 aliphatic carbocycles. The first-order valence-electron chi connectivity index (χ1n) is 7.91. The highest BCUT2D eigenvalue weighted by atomic mass is 35.5. The zero-order chi connectivity index (χ0) is 15.0. The molecule has 1 aromatic heterocycles. The average Bonchev–Trinajstić information content (AvgIpc) is 3.05. The third kappa shape index (κ3) is 2.97. The predicted molar refractivity (Wildman–Crippen MR) is 83.6 cm³/mol. The van der Waals surface area contributed by atoms with Crippen molar-refractivity contribution >= 4 is 11.6 Å². The summed E-state index contributed by atoms with van der Waals surface area (Å²) >= 11 is 6.41. The van der Waals surface area contributed by atoms with E-state index in [2.05, 4.69) is 16.9 Å². The van der Waals surface area contributed by atoms with Crippen molar-refractivity contribution in [3.8, 4) is 0 Å². The molecule has 21 heavy (non-hydrogen) atoms. The molecule has 0 aromatic carbocycles. The second-order valence-corrected chi connectivity index (χ2v) is 6.59. The number of halogens is 1. The summed E-state index contributed by atoms with van der Waals surface area (Å²) in [5, 5.41) is 5.23. The fourth-order valence-corrected chi connectivity index (χ4v) is 3.87. The van der Waals surface area contributed by atoms with Crippen molar-refractivity contribution in [3.63, 3.8) is 0 Å². The fourth-order valence-electron chi connectivity index (χ4n) is 3.50. The lowest BCUT2D eigenvalue weighted by atomic mass is 10.0. The van der Waals surface area contributed by atoms with Gasteiger partial charge in [0.05, 0.1) is 29.1 Å². The van der Waals surface area contributed by atoms with Gasteiger partial charge in [0, 0.05) is 32.1 Å². The number of aromatic nitrogens is 2. The van der Waals surface area contributed by atoms with E-state index in [1.54, 1.807) is 0 Å². The van der Waals surface area contributed by atoms with Crippen LogP contribution >= 0.6 is 11.6 Å². The molecule has 3 unspecified atom stereocenters. The van der Waals surface area contributed by atoms with Crippen LogP contribution < -0.4 is 5.73 Å². The van der Waals surface area contributed by atoms with Gasteiger partial charge in [-0.3, -0.25) is 9.58 Å². The van der Waals surface area contributed by atoms with Crippen molar-refractivity contribution in [2.45, 2.75) is 50.8 Å². The standard InChI is InChI=1S/C15H25ClN4O/c1-3-12-15(16)13(19(2)18-12)7-11(17)14-8-20-6-4-5-10(20)9-21-14/h10-11,14H,3-9,17H2,1-2H3. The minimum atomic E-state index is -0.0378. The van der Waals surface area contributed by atoms with Crippen molar-refractivity contribution < 1.29 is 4.74 Å². The number of hydrogen-bond acceptors (Lipinski definition) is 4. The number of hydrogen-bond donors (Lipinski definition) is 1. The zero-order valence-electron chi connectivity index (χ0n) is 12.9. The Morgan fingerprint density at radius 1 is 1.52 bits per heavy atom. The summed E-state index contributed by atoms with van der Waals surface area (Å²) in [5.41, 5.74) is 8.37. The fraction of sp³-hybridized carbons (Fsp3) is 0.800. The predicted octanol–water partition coefficient (Wildman–Crippen LogP) is 1.37. The van der Waals surface area contributed by atoms with Gasteiger partial charge in [0.25, 0.3) is 0 Å². The lowest BCUT2D eigenvalue weighted by Crippen LogP contribution is -2.53. The first-order valence-corrected chi connectivity index (χ1v) is 8.29. The van der Waals surface area contributed by atoms with Crippen LogP contribution in [0, 0.1) is 0 Å². The van der Waals surface area contributed by atoms with Crippen molar-refractivity contribution in [1.82, 2.24) is 14.7 Å². The van der Waals surface area contributed by atoms with Crippen LogP contribution in [0.15, 0.2) is 0 Å². The van der Waals surface area contributed by atoms with Crippen LogP contribution in [0.2, 0.25) is 5.02 Å². The van der Waals surface area contributed by atoms with Gasteiger partial charge < -0.3 is 10.5 Å². The third-order valence-electron chi connectivity index (χ3n) is 4.83. The monoisotopic (exact) mass is 312 g/mol. The van der Waals surface area contributed by atoms with E-state index >= 15 is 0 Å². The summed E-state index contributed by atoms with van der Waals surface area (Å²) < 4.78 is 7.86. The average molecular weight is 313 g/mol. The lowest BCUT2D eigenvalue weighted by Gasteiger charge is -2.37. The molecule has 1 aromatic rings. The summed E-state index contributed by atoms with van der Waals surface area (Å²) in [7, 11) is 1.94. The molecule has 3 heterocycles. The highest BCUT2D eigenvalue weighted by molar-refractivity contribution is 6.31. The van der Waals surface area contributed by atoms with Crippen LogP contribution in [-0.4, -0.2) is 52.6 Å². The molecule has 0 saturated carbocycles. The van der Waals surface area contributed by atoms with Gasteiger partial charge in [0.15, 0.2) is 0 Å². The Labute approximate surface area is 131 Å². The summed E-state index contributed by atoms with van der Waals surface area (Å²) in [4.78, 5) is 2.52. The van der Waals surface area contributed by atoms with Crippen LogP contribution in [0.5, 0.6) is 0 Å². The molecule has 118 valence electrons. The molecular weight excluding hydrogens is 288 g/mol. The molecule has 3 rings (SSSR count). The lowest BCUT2D eigenvalue weighted by molar-refractivity contribution is -0.0591. The highest BCUT2D eigenvalue weighted by Gasteiger charge is 2.35. The summed E-state index contributed by atoms with van der Waals surface area (Å²) in [6.07, 6.45) is 4.19. The van der Waals surface area contributed by atoms with Crippen molar-refractivity contribution in [2.24, 2.45) is 12.8 Å². The number of aryl methyl sites for hydroxylation is 2. The molecule has 0 amide bonds. The maximum atomic E-state index is 6.41. The maximum absolute atomic E-state index is 6.41. The molecule has 6 heteroatoms. The van der Waals surface area contributed by atoms with Gasteiger partial charge in [-0.2, -0.15) is 5.10 Å². The Kier molecular flexibility index (Phi) is 4.54. The van der Waals surface area contributed by atoms with Crippen LogP contribution in [0.25, 0.3) is 0 Å². The molecule has 2 N–H and O–H groups in total. The topological polar surface area (TPSA) is 56.3 Å². The smallest absolute Gasteiger partial charge is 0.0857 e. The molecule has 5 nitrogen and oxygen atoms in total. The van der Waals surface area contributed by atoms with Gasteiger partial charge in [-0.05, 0) is 25.8 Å². The van der Waals surface area contributed by atoms with Gasteiger partial charge in [-0.15, -0.1) is 0 Å². The Morgan fingerprint density at radius 2 is 2.33 bits per heavy atom. The summed E-state index contributed by atoms with van der Waals surface area (Å²) in [6.45, 7) is 5.01. The molecule has 3 atom stereocenters. The van der Waals surface area contributed by atoms with E-state index in [9.17, 15) is 0 Å². The van der Waals surface area contributed by atoms with Crippen molar-refractivity contribution in [2.75, 3.05) is 19.7 Å². The maximum Gasteiger partial charge on any atom is 0.0857 e. The van der Waals surface area contributed by atoms with Crippen LogP contribution in [0.1, 0.15) is 31.2 Å². The Balaban J connectivity index is 1.66. The largest absolute Gasteiger partial charge is 0.374 e. The molecule has 2 fully saturated rings. The van der Waals surface area contributed by atoms with Gasteiger partial charge in [0.1, 0.15) is 0 Å². The number of nitrogens with two attached hydrogens (primary N) is 1. The molecule has 0 radical (unpaired) electrons. The number of morpholine rings is 1. The van der Waals surface area contributed by atoms with Gasteiger partial charge >= 0.3 is 0 Å². The van der Waals surface area contributed by atoms with Crippen LogP contribution in [0.4, 0.5) is 0 Å². The van der Waals surface area contributed by atoms with E-state index in [1.807, 2.05) is 11.7 Å². The molecule has 2 aliphatic rings. The molecular formula is C15H25ClN4O. The number of nitrogens with zero attached hydrogens (tertiary/aromatic N) is 3. The van der Waals surface area contributed by atoms with Gasteiger partial charge in [0.2, 0.25) is 0 Å². The Morgan fingerprint density at radius 3 is 3.05 bits per heavy atom. The zero-order valence-corrected chi connectivity index (χ0v) is 13.6. The van der Waals surface area contributed by atoms with Gasteiger partial charge in [-0.25, -0.2) is 0 Å². The quantitative estimate of drug-likeness (QED) is 0.912. The highest BCUT2D eigenvalue weighted by Crippen LogP contribution is 2.26. The number of rotatable bonds is 4. The molecule has 0 spiro atoms. The molecule has 0 bridgehead atoms. The van der Waals surface area contributed by atoms with E-state index in [0.717, 1.165) is 36.0 Å². The minimum absolute atomic E-state index is 0.0378. The van der Waals surface area contributed by atoms with Crippen molar-refractivity contribution in [1.29, 1.82) is 0 Å². The second kappa shape index (κ2) is 6.24. The van der Waals surface area contributed by atoms with Crippen LogP contribution in [-0.2, 0) is 24.6 Å². The Bertz CT molecular complexity index is 504. The van der Waals surface area contributed by atoms with Crippen molar-refractivity contribution in [3.05, 3.63) is 16.4 Å². The van der Waals surface area contributed by atoms with Gasteiger partial charge in [-0.1, -0.05) is 18.5 Å². The first kappa shape index (κ1) is 15.3. The van der Waals surface area contributed by atoms with Crippen LogP contribution in [0.3, 0.4) is 0 Å². The SMILES string of the molecule is CCc1nn(C)c(CC(N)C2CN3CCCC3CO2)c1Cl. The molecule has 2 saturated heterocycles. The number of ether oxygens (including phenoxy) is 1. The van der Waals surface area contributed by atoms with E-state index in [4.69, 9.17) is 22.1 Å². The Hall–Kier alpha value is -0.620. The molecule has 2 aliphatic heterocycles. The van der Waals surface area contributed by atoms with E-state index in [0.29, 0.717) is 12.5 Å². The first-order chi connectivity index (χ1) is 10.1. The van der Waals surface area contributed by atoms with E-state index in [-0.39, 0.29) is 12.1 Å². The van der Waals surface area contributed by atoms with E-state index in [1.165, 1.54) is 19.4 Å². The second-order valence-electron chi connectivity index (χ2n) is 6.22.